The number of hydrogen-bond donors (Lipinski definition) is 0. The highest BCUT2D eigenvalue weighted by Crippen LogP contribution is 1.89. The molecule has 35 valence electrons. The lowest BCUT2D eigenvalue weighted by molar-refractivity contribution is 0.959. The Bertz CT molecular complexity index is 39.2. The van der Waals surface area contributed by atoms with Gasteiger partial charge >= 0.3 is 0 Å². The molecule has 0 nitrogen and oxygen atoms in total. The van der Waals surface area contributed by atoms with E-state index in [4.69, 9.17) is 0 Å². The molecule has 0 atom stereocenters. The van der Waals surface area contributed by atoms with E-state index in [0.29, 0.717) is 0 Å². The van der Waals surface area contributed by atoms with Gasteiger partial charge in [0, 0.05) is 4.08 Å². The standard InChI is InChI=1S/C5H8I/c1-2-3-4-5-6/h4H,2-3H2,1H3. The van der Waals surface area contributed by atoms with Crippen LogP contribution in [0.5, 0.6) is 0 Å². The molecule has 0 bridgehead atoms. The molecule has 0 aromatic rings. The van der Waals surface area contributed by atoms with E-state index in [2.05, 4.69) is 33.6 Å². The summed E-state index contributed by atoms with van der Waals surface area (Å²) in [6, 6.07) is 0. The Morgan fingerprint density at radius 2 is 2.50 bits per heavy atom. The zero-order valence-electron chi connectivity index (χ0n) is 3.87. The molecule has 0 aliphatic carbocycles. The fraction of sp³-hybridized carbons (Fsp3) is 0.600. The minimum atomic E-state index is 1.17. The Labute approximate surface area is 52.8 Å². The molecule has 0 heterocycles. The molecule has 0 unspecified atom stereocenters. The minimum absolute atomic E-state index is 1.17. The molecule has 0 rings (SSSR count). The molecule has 0 N–H and O–H groups in total. The quantitative estimate of drug-likeness (QED) is 0.594. The van der Waals surface area contributed by atoms with Crippen LogP contribution in [0, 0.1) is 4.08 Å². The van der Waals surface area contributed by atoms with Gasteiger partial charge in [-0.25, -0.2) is 0 Å². The van der Waals surface area contributed by atoms with Gasteiger partial charge in [-0.15, -0.1) is 0 Å². The van der Waals surface area contributed by atoms with Gasteiger partial charge in [-0.2, -0.15) is 0 Å². The van der Waals surface area contributed by atoms with Gasteiger partial charge < -0.3 is 0 Å². The molecule has 0 spiro atoms. The van der Waals surface area contributed by atoms with Crippen molar-refractivity contribution < 1.29 is 0 Å². The molecule has 0 fully saturated rings. The second kappa shape index (κ2) is 5.47. The molecule has 0 aliphatic heterocycles. The lowest BCUT2D eigenvalue weighted by Gasteiger charge is -1.74. The maximum Gasteiger partial charge on any atom is 0.0220 e. The van der Waals surface area contributed by atoms with Crippen molar-refractivity contribution in [1.82, 2.24) is 0 Å². The summed E-state index contributed by atoms with van der Waals surface area (Å²) in [4.78, 5) is 0. The Kier molecular flexibility index (Phi) is 5.90. The van der Waals surface area contributed by atoms with Crippen molar-refractivity contribution in [3.8, 4) is 0 Å². The first-order valence-corrected chi connectivity index (χ1v) is 3.17. The zero-order chi connectivity index (χ0) is 4.83. The molecule has 0 aromatic carbocycles. The van der Waals surface area contributed by atoms with Gasteiger partial charge in [0.1, 0.15) is 0 Å². The Balaban J connectivity index is 2.66. The summed E-state index contributed by atoms with van der Waals surface area (Å²) in [6.45, 7) is 2.16. The van der Waals surface area contributed by atoms with E-state index in [1.54, 1.807) is 0 Å². The zero-order valence-corrected chi connectivity index (χ0v) is 6.03. The third-order valence-corrected chi connectivity index (χ3v) is 0.951. The van der Waals surface area contributed by atoms with Crippen molar-refractivity contribution in [2.24, 2.45) is 0 Å². The smallest absolute Gasteiger partial charge is 0.0220 e. The van der Waals surface area contributed by atoms with Gasteiger partial charge in [-0.05, 0) is 29.0 Å². The summed E-state index contributed by atoms with van der Waals surface area (Å²) in [5.74, 6) is 0. The van der Waals surface area contributed by atoms with Crippen molar-refractivity contribution >= 4 is 22.6 Å². The lowest BCUT2D eigenvalue weighted by atomic mass is 10.3. The molecule has 0 saturated heterocycles. The number of hydrogen-bond acceptors (Lipinski definition) is 0. The van der Waals surface area contributed by atoms with E-state index in [1.807, 2.05) is 6.08 Å². The molecule has 0 amide bonds. The molecule has 6 heavy (non-hydrogen) atoms. The predicted molar refractivity (Wildman–Crippen MR) is 36.7 cm³/mol. The van der Waals surface area contributed by atoms with Crippen LogP contribution < -0.4 is 0 Å². The SMILES string of the molecule is CCC/C=[C]/I. The van der Waals surface area contributed by atoms with Crippen molar-refractivity contribution in [3.05, 3.63) is 10.2 Å². The van der Waals surface area contributed by atoms with Gasteiger partial charge in [-0.1, -0.05) is 19.4 Å². The summed E-state index contributed by atoms with van der Waals surface area (Å²) < 4.78 is 2.91. The maximum absolute atomic E-state index is 2.91. The Morgan fingerprint density at radius 3 is 2.67 bits per heavy atom. The lowest BCUT2D eigenvalue weighted by Crippen LogP contribution is -1.54. The predicted octanol–water partition coefficient (Wildman–Crippen LogP) is 2.54. The first-order valence-electron chi connectivity index (χ1n) is 2.09. The van der Waals surface area contributed by atoms with Gasteiger partial charge in [-0.3, -0.25) is 0 Å². The summed E-state index contributed by atoms with van der Waals surface area (Å²) in [5.41, 5.74) is 0. The fourth-order valence-corrected chi connectivity index (χ4v) is 0.510. The van der Waals surface area contributed by atoms with Crippen LogP contribution in [0.2, 0.25) is 0 Å². The molecular weight excluding hydrogens is 187 g/mol. The van der Waals surface area contributed by atoms with Crippen LogP contribution in [0.3, 0.4) is 0 Å². The van der Waals surface area contributed by atoms with Crippen molar-refractivity contribution in [3.63, 3.8) is 0 Å². The van der Waals surface area contributed by atoms with Gasteiger partial charge in [0.15, 0.2) is 0 Å². The molecule has 1 radical (unpaired) electrons. The first kappa shape index (κ1) is 6.47. The van der Waals surface area contributed by atoms with Crippen molar-refractivity contribution in [1.29, 1.82) is 0 Å². The van der Waals surface area contributed by atoms with E-state index in [1.165, 1.54) is 12.8 Å². The molecule has 1 heteroatoms. The van der Waals surface area contributed by atoms with Crippen LogP contribution in [0.15, 0.2) is 6.08 Å². The summed E-state index contributed by atoms with van der Waals surface area (Å²) in [7, 11) is 0. The first-order chi connectivity index (χ1) is 2.91. The molecule has 0 aliphatic rings. The normalized spacial score (nSPS) is 10.3. The molecule has 0 aromatic heterocycles. The third-order valence-electron chi connectivity index (χ3n) is 0.510. The van der Waals surface area contributed by atoms with Crippen molar-refractivity contribution in [2.75, 3.05) is 0 Å². The van der Waals surface area contributed by atoms with Crippen LogP contribution in [0.1, 0.15) is 19.8 Å². The summed E-state index contributed by atoms with van der Waals surface area (Å²) in [5, 5.41) is 0. The van der Waals surface area contributed by atoms with E-state index < -0.39 is 0 Å². The van der Waals surface area contributed by atoms with Gasteiger partial charge in [0.25, 0.3) is 0 Å². The largest absolute Gasteiger partial charge is 0.0701 e. The number of allylic oxidation sites excluding steroid dienone is 1. The second-order valence-corrected chi connectivity index (χ2v) is 1.72. The van der Waals surface area contributed by atoms with Crippen LogP contribution >= 0.6 is 22.6 Å². The summed E-state index contributed by atoms with van der Waals surface area (Å²) >= 11 is 2.11. The minimum Gasteiger partial charge on any atom is -0.0701 e. The number of rotatable bonds is 2. The van der Waals surface area contributed by atoms with Gasteiger partial charge in [0.2, 0.25) is 0 Å². The number of halogens is 1. The average Bonchev–Trinajstić information content (AvgIpc) is 1.61. The average molecular weight is 195 g/mol. The van der Waals surface area contributed by atoms with Crippen molar-refractivity contribution in [2.45, 2.75) is 19.8 Å². The monoisotopic (exact) mass is 195 g/mol. The Morgan fingerprint density at radius 1 is 1.83 bits per heavy atom. The van der Waals surface area contributed by atoms with Gasteiger partial charge in [0.05, 0.1) is 0 Å². The fourth-order valence-electron chi connectivity index (χ4n) is 0.199. The number of unbranched alkanes of at least 4 members (excludes halogenated alkanes) is 1. The maximum atomic E-state index is 2.91. The van der Waals surface area contributed by atoms with Crippen LogP contribution in [0.4, 0.5) is 0 Å². The van der Waals surface area contributed by atoms with E-state index in [-0.39, 0.29) is 0 Å². The van der Waals surface area contributed by atoms with E-state index in [0.717, 1.165) is 0 Å². The highest BCUT2D eigenvalue weighted by atomic mass is 127. The van der Waals surface area contributed by atoms with Crippen LogP contribution in [0.25, 0.3) is 0 Å². The van der Waals surface area contributed by atoms with E-state index >= 15 is 0 Å². The highest BCUT2D eigenvalue weighted by molar-refractivity contribution is 14.1. The molecule has 0 saturated carbocycles. The Hall–Kier alpha value is 0.470. The molecular formula is C5H8I. The van der Waals surface area contributed by atoms with Crippen LogP contribution in [-0.4, -0.2) is 0 Å². The highest BCUT2D eigenvalue weighted by Gasteiger charge is 1.66. The topological polar surface area (TPSA) is 0 Å². The summed E-state index contributed by atoms with van der Waals surface area (Å²) in [6.07, 6.45) is 4.44. The second-order valence-electron chi connectivity index (χ2n) is 1.10. The van der Waals surface area contributed by atoms with E-state index in [9.17, 15) is 0 Å². The van der Waals surface area contributed by atoms with Crippen LogP contribution in [-0.2, 0) is 0 Å². The third kappa shape index (κ3) is 4.47.